The minimum atomic E-state index is 0.144. The number of ether oxygens (including phenoxy) is 1. The first-order valence-electron chi connectivity index (χ1n) is 40.6. The number of rotatable bonds is 17. The Morgan fingerprint density at radius 2 is 0.653 bits per heavy atom. The Labute approximate surface area is 630 Å². The first-order chi connectivity index (χ1) is 48.4. The van der Waals surface area contributed by atoms with Crippen LogP contribution in [-0.2, 0) is 12.8 Å². The molecule has 1 aliphatic rings. The second-order valence-electron chi connectivity index (χ2n) is 25.1. The third-order valence-electron chi connectivity index (χ3n) is 18.3. The maximum absolute atomic E-state index is 11.1. The van der Waals surface area contributed by atoms with Crippen LogP contribution in [0, 0.1) is 34.6 Å². The summed E-state index contributed by atoms with van der Waals surface area (Å²) in [5.74, 6) is 5.84. The molecule has 3 heteroatoms. The number of hydrogen-bond donors (Lipinski definition) is 0. The average Bonchev–Trinajstić information content (AvgIpc) is 0.824. The van der Waals surface area contributed by atoms with Gasteiger partial charge in [-0.3, -0.25) is 9.59 Å². The van der Waals surface area contributed by atoms with Crippen molar-refractivity contribution in [2.75, 3.05) is 7.11 Å². The molecular weight excluding hydrogens is 1230 g/mol. The number of carbonyl (C=O) groups is 2. The first kappa shape index (κ1) is 106. The van der Waals surface area contributed by atoms with E-state index in [4.69, 9.17) is 4.74 Å². The van der Waals surface area contributed by atoms with Crippen LogP contribution in [-0.4, -0.2) is 18.7 Å². The standard InChI is InChI=1S/C14H20.C12H18O.2C12H16O.C12H18.2C11H16.7C2H6/c1-3-11(2)13-10-6-8-12-7-4-5-9-14(12)13;1-5-9(2)11-6-7-12(13-4)10(3)8-11;2*1-4-9(2)11-6-5-7-12(8-11)10(3)13;1-5-9(2)12-7-6-10(3)11(4)8-12;1-4-10(3)11-7-5-9(2)6-8-11;1-4-10(3)11-7-5-6-9(2)8-11;7*1-2/h6,8,10-11H,3-5,7,9H2,1-2H3;6-9H,5H2,1-4H3;2*5-9H,4H2,1-3H3;6-9H,5H2,1-4H3;2*5-8,10H,4H2,1-3H3;7*1-2H3. The van der Waals surface area contributed by atoms with Crippen molar-refractivity contribution in [2.45, 2.75) is 354 Å². The topological polar surface area (TPSA) is 43.4 Å². The fourth-order valence-corrected chi connectivity index (χ4v) is 10.2. The van der Waals surface area contributed by atoms with Crippen LogP contribution >= 0.6 is 0 Å². The number of carbonyl (C=O) groups excluding carboxylic acids is 2. The van der Waals surface area contributed by atoms with Crippen LogP contribution in [0.1, 0.15) is 406 Å². The molecule has 0 amide bonds. The monoisotopic (exact) mass is 1390 g/mol. The molecule has 0 saturated heterocycles. The number of Topliss-reactive ketones (excluding diaryl/α,β-unsaturated/α-hetero) is 2. The van der Waals surface area contributed by atoms with E-state index in [9.17, 15) is 9.59 Å². The maximum atomic E-state index is 11.1. The zero-order chi connectivity index (χ0) is 79.2. The minimum Gasteiger partial charge on any atom is -0.496 e. The summed E-state index contributed by atoms with van der Waals surface area (Å²) in [4.78, 5) is 22.2. The van der Waals surface area contributed by atoms with Crippen molar-refractivity contribution >= 4 is 11.6 Å². The quantitative estimate of drug-likeness (QED) is 0.0854. The maximum Gasteiger partial charge on any atom is 0.159 e. The van der Waals surface area contributed by atoms with E-state index in [2.05, 4.69) is 247 Å². The van der Waals surface area contributed by atoms with E-state index < -0.39 is 0 Å². The predicted molar refractivity (Wildman–Crippen MR) is 462 cm³/mol. The van der Waals surface area contributed by atoms with Crippen LogP contribution in [0.15, 0.2) is 152 Å². The molecule has 0 radical (unpaired) electrons. The number of methoxy groups -OCH3 is 1. The third-order valence-corrected chi connectivity index (χ3v) is 18.3. The molecule has 7 atom stereocenters. The molecule has 0 bridgehead atoms. The van der Waals surface area contributed by atoms with Crippen molar-refractivity contribution in [3.8, 4) is 5.75 Å². The molecule has 0 heterocycles. The molecule has 7 unspecified atom stereocenters. The van der Waals surface area contributed by atoms with E-state index in [-0.39, 0.29) is 11.6 Å². The number of ketones is 2. The largest absolute Gasteiger partial charge is 0.496 e. The smallest absolute Gasteiger partial charge is 0.159 e. The van der Waals surface area contributed by atoms with Gasteiger partial charge in [-0.25, -0.2) is 0 Å². The Morgan fingerprint density at radius 3 is 1.01 bits per heavy atom. The van der Waals surface area contributed by atoms with Gasteiger partial charge in [0.05, 0.1) is 7.11 Å². The highest BCUT2D eigenvalue weighted by atomic mass is 16.5. The summed E-state index contributed by atoms with van der Waals surface area (Å²) in [5, 5.41) is 0. The molecule has 7 aromatic rings. The molecule has 101 heavy (non-hydrogen) atoms. The average molecular weight is 1390 g/mol. The van der Waals surface area contributed by atoms with Gasteiger partial charge in [-0.05, 0) is 245 Å². The van der Waals surface area contributed by atoms with Crippen LogP contribution in [0.3, 0.4) is 0 Å². The number of benzene rings is 7. The van der Waals surface area contributed by atoms with Gasteiger partial charge >= 0.3 is 0 Å². The fourth-order valence-electron chi connectivity index (χ4n) is 10.2. The summed E-state index contributed by atoms with van der Waals surface area (Å²) in [7, 11) is 1.71. The lowest BCUT2D eigenvalue weighted by Gasteiger charge is -2.22. The molecule has 1 aliphatic carbocycles. The number of aryl methyl sites for hydroxylation is 6. The van der Waals surface area contributed by atoms with E-state index in [1.807, 2.05) is 133 Å². The van der Waals surface area contributed by atoms with Crippen molar-refractivity contribution in [2.24, 2.45) is 0 Å². The summed E-state index contributed by atoms with van der Waals surface area (Å²) in [6.07, 6.45) is 13.7. The highest BCUT2D eigenvalue weighted by Crippen LogP contribution is 2.31. The SMILES string of the molecule is CC.CC.CC.CC.CC.CC.CC.CCC(C)c1ccc(C)c(C)c1.CCC(C)c1ccc(C)cc1.CCC(C)c1ccc(OC)c(C)c1.CCC(C)c1cccc(C(C)=O)c1.CCC(C)c1cccc(C(C)=O)c1.CCC(C)c1cccc(C)c1.CCC(C)c1cccc2c1CCCC2. The Kier molecular flexibility index (Phi) is 71.3. The normalized spacial score (nSPS) is 12.1. The van der Waals surface area contributed by atoms with Crippen molar-refractivity contribution in [3.05, 3.63) is 241 Å². The lowest BCUT2D eigenvalue weighted by atomic mass is 9.83. The van der Waals surface area contributed by atoms with E-state index in [0.717, 1.165) is 35.6 Å². The fraction of sp³-hybridized carbons (Fsp3) is 0.551. The second kappa shape index (κ2) is 68.1. The summed E-state index contributed by atoms with van der Waals surface area (Å²) >= 11 is 0. The van der Waals surface area contributed by atoms with Crippen molar-refractivity contribution < 1.29 is 14.3 Å². The molecule has 0 fully saturated rings. The van der Waals surface area contributed by atoms with Crippen molar-refractivity contribution in [1.29, 1.82) is 0 Å². The Morgan fingerprint density at radius 1 is 0.327 bits per heavy atom. The lowest BCUT2D eigenvalue weighted by Crippen LogP contribution is -2.07. The molecule has 7 aromatic carbocycles. The Balaban J connectivity index is -0.000000253. The molecule has 572 valence electrons. The van der Waals surface area contributed by atoms with Crippen LogP contribution in [0.2, 0.25) is 0 Å². The van der Waals surface area contributed by atoms with Crippen LogP contribution in [0.4, 0.5) is 0 Å². The zero-order valence-electron chi connectivity index (χ0n) is 73.0. The van der Waals surface area contributed by atoms with E-state index >= 15 is 0 Å². The van der Waals surface area contributed by atoms with Gasteiger partial charge in [0, 0.05) is 11.1 Å². The number of fused-ring (bicyclic) bond motifs is 1. The second-order valence-corrected chi connectivity index (χ2v) is 25.1. The first-order valence-corrected chi connectivity index (χ1v) is 40.6. The van der Waals surface area contributed by atoms with Gasteiger partial charge in [-0.2, -0.15) is 0 Å². The summed E-state index contributed by atoms with van der Waals surface area (Å²) in [6, 6.07) is 53.5. The Hall–Kier alpha value is -6.32. The van der Waals surface area contributed by atoms with Crippen LogP contribution in [0.5, 0.6) is 5.75 Å². The van der Waals surface area contributed by atoms with Gasteiger partial charge in [0.2, 0.25) is 0 Å². The predicted octanol–water partition coefficient (Wildman–Crippen LogP) is 32.4. The van der Waals surface area contributed by atoms with Gasteiger partial charge in [0.1, 0.15) is 5.75 Å². The summed E-state index contributed by atoms with van der Waals surface area (Å²) < 4.78 is 5.21. The molecule has 3 nitrogen and oxygen atoms in total. The van der Waals surface area contributed by atoms with Gasteiger partial charge in [0.15, 0.2) is 11.6 Å². The molecule has 0 saturated carbocycles. The number of hydrogen-bond acceptors (Lipinski definition) is 3. The van der Waals surface area contributed by atoms with Crippen LogP contribution < -0.4 is 4.74 Å². The molecular formula is C98H162O3. The molecule has 0 spiro atoms. The van der Waals surface area contributed by atoms with Gasteiger partial charge in [0.25, 0.3) is 0 Å². The molecule has 0 N–H and O–H groups in total. The van der Waals surface area contributed by atoms with Gasteiger partial charge in [-0.15, -0.1) is 0 Å². The zero-order valence-corrected chi connectivity index (χ0v) is 73.0. The van der Waals surface area contributed by atoms with E-state index in [1.165, 1.54) is 119 Å². The molecule has 8 rings (SSSR count). The summed E-state index contributed by atoms with van der Waals surface area (Å²) in [5.41, 5.74) is 21.6. The third kappa shape index (κ3) is 44.7. The van der Waals surface area contributed by atoms with Gasteiger partial charge < -0.3 is 4.74 Å². The molecule has 0 aliphatic heterocycles. The van der Waals surface area contributed by atoms with E-state index in [1.54, 1.807) is 37.6 Å². The molecule has 0 aromatic heterocycles. The summed E-state index contributed by atoms with van der Waals surface area (Å²) in [6.45, 7) is 73.2. The Bertz CT molecular complexity index is 2980. The van der Waals surface area contributed by atoms with E-state index in [0.29, 0.717) is 35.5 Å². The van der Waals surface area contributed by atoms with Crippen LogP contribution in [0.25, 0.3) is 0 Å². The highest BCUT2D eigenvalue weighted by molar-refractivity contribution is 5.94. The highest BCUT2D eigenvalue weighted by Gasteiger charge is 2.16. The minimum absolute atomic E-state index is 0.144. The van der Waals surface area contributed by atoms with Gasteiger partial charge in [-0.1, -0.05) is 338 Å². The van der Waals surface area contributed by atoms with Crippen molar-refractivity contribution in [3.63, 3.8) is 0 Å². The van der Waals surface area contributed by atoms with Crippen molar-refractivity contribution in [1.82, 2.24) is 0 Å². The lowest BCUT2D eigenvalue weighted by molar-refractivity contribution is 0.100.